The molecule has 0 bridgehead atoms. The summed E-state index contributed by atoms with van der Waals surface area (Å²) >= 11 is 0. The highest BCUT2D eigenvalue weighted by atomic mass is 16.5. The lowest BCUT2D eigenvalue weighted by molar-refractivity contribution is -0.119. The van der Waals surface area contributed by atoms with Crippen LogP contribution in [-0.2, 0) is 16.1 Å². The van der Waals surface area contributed by atoms with Gasteiger partial charge in [0.1, 0.15) is 5.82 Å². The first-order valence-corrected chi connectivity index (χ1v) is 9.41. The van der Waals surface area contributed by atoms with Crippen molar-refractivity contribution in [1.29, 1.82) is 0 Å². The third kappa shape index (κ3) is 4.75. The van der Waals surface area contributed by atoms with E-state index < -0.39 is 11.2 Å². The smallest absolute Gasteiger partial charge is 0.330 e. The molecule has 1 fully saturated rings. The van der Waals surface area contributed by atoms with E-state index in [0.29, 0.717) is 25.3 Å². The number of ether oxygens (including phenoxy) is 1. The van der Waals surface area contributed by atoms with Crippen molar-refractivity contribution < 1.29 is 9.53 Å². The van der Waals surface area contributed by atoms with Gasteiger partial charge in [0.05, 0.1) is 6.61 Å². The molecule has 8 nitrogen and oxygen atoms in total. The topological polar surface area (TPSA) is 110 Å². The molecule has 0 atom stereocenters. The fourth-order valence-electron chi connectivity index (χ4n) is 3.59. The molecule has 1 aliphatic carbocycles. The maximum atomic E-state index is 12.8. The van der Waals surface area contributed by atoms with Gasteiger partial charge in [-0.2, -0.15) is 0 Å². The predicted molar refractivity (Wildman–Crippen MR) is 101 cm³/mol. The summed E-state index contributed by atoms with van der Waals surface area (Å²) in [7, 11) is 1.53. The number of hydrogen-bond acceptors (Lipinski definition) is 5. The number of aromatic amines is 1. The molecule has 0 unspecified atom stereocenters. The van der Waals surface area contributed by atoms with Gasteiger partial charge in [0.15, 0.2) is 5.69 Å². The van der Waals surface area contributed by atoms with E-state index in [1.165, 1.54) is 29.4 Å². The lowest BCUT2D eigenvalue weighted by Crippen LogP contribution is -2.42. The van der Waals surface area contributed by atoms with E-state index in [9.17, 15) is 14.4 Å². The van der Waals surface area contributed by atoms with E-state index in [1.807, 2.05) is 6.92 Å². The number of methoxy groups -OCH3 is 1. The minimum absolute atomic E-state index is 0.0333. The number of aromatic nitrogens is 2. The SMILES string of the molecule is CCCn1c(N)c(N(CCOC)C(=O)CCC2CCCC2)c(=O)[nH]c1=O. The van der Waals surface area contributed by atoms with Gasteiger partial charge in [-0.15, -0.1) is 0 Å². The summed E-state index contributed by atoms with van der Waals surface area (Å²) in [6.07, 6.45) is 6.63. The Kier molecular flexibility index (Phi) is 7.44. The van der Waals surface area contributed by atoms with E-state index >= 15 is 0 Å². The molecule has 0 spiro atoms. The molecule has 1 aromatic rings. The van der Waals surface area contributed by atoms with Crippen LogP contribution in [0.3, 0.4) is 0 Å². The van der Waals surface area contributed by atoms with E-state index in [0.717, 1.165) is 19.3 Å². The van der Waals surface area contributed by atoms with Gasteiger partial charge in [-0.05, 0) is 18.8 Å². The van der Waals surface area contributed by atoms with E-state index in [2.05, 4.69) is 4.98 Å². The summed E-state index contributed by atoms with van der Waals surface area (Å²) in [4.78, 5) is 40.9. The number of rotatable bonds is 9. The molecule has 0 aromatic carbocycles. The molecular weight excluding hydrogens is 336 g/mol. The van der Waals surface area contributed by atoms with Gasteiger partial charge in [0.2, 0.25) is 5.91 Å². The minimum Gasteiger partial charge on any atom is -0.383 e. The Morgan fingerprint density at radius 2 is 2.04 bits per heavy atom. The van der Waals surface area contributed by atoms with Crippen LogP contribution in [0.15, 0.2) is 9.59 Å². The number of nitrogens with zero attached hydrogens (tertiary/aromatic N) is 2. The molecule has 26 heavy (non-hydrogen) atoms. The zero-order valence-corrected chi connectivity index (χ0v) is 15.8. The van der Waals surface area contributed by atoms with Crippen LogP contribution in [0.1, 0.15) is 51.9 Å². The fraction of sp³-hybridized carbons (Fsp3) is 0.722. The first kappa shape index (κ1) is 20.2. The third-order valence-electron chi connectivity index (χ3n) is 4.99. The maximum absolute atomic E-state index is 12.8. The van der Waals surface area contributed by atoms with Crippen molar-refractivity contribution in [3.63, 3.8) is 0 Å². The van der Waals surface area contributed by atoms with Crippen molar-refractivity contribution >= 4 is 17.4 Å². The van der Waals surface area contributed by atoms with Crippen LogP contribution in [-0.4, -0.2) is 35.7 Å². The van der Waals surface area contributed by atoms with Gasteiger partial charge in [-0.3, -0.25) is 19.1 Å². The number of nitrogens with two attached hydrogens (primary N) is 1. The third-order valence-corrected chi connectivity index (χ3v) is 4.99. The molecule has 0 aliphatic heterocycles. The summed E-state index contributed by atoms with van der Waals surface area (Å²) in [6, 6.07) is 0. The first-order valence-electron chi connectivity index (χ1n) is 9.41. The van der Waals surface area contributed by atoms with Gasteiger partial charge in [-0.1, -0.05) is 32.6 Å². The summed E-state index contributed by atoms with van der Waals surface area (Å²) in [5.74, 6) is 0.451. The zero-order chi connectivity index (χ0) is 19.1. The minimum atomic E-state index is -0.634. The summed E-state index contributed by atoms with van der Waals surface area (Å²) in [6.45, 7) is 2.79. The zero-order valence-electron chi connectivity index (χ0n) is 15.8. The average Bonchev–Trinajstić information content (AvgIpc) is 3.12. The Hall–Kier alpha value is -2.09. The van der Waals surface area contributed by atoms with Crippen molar-refractivity contribution in [1.82, 2.24) is 9.55 Å². The Morgan fingerprint density at radius 3 is 2.65 bits per heavy atom. The Balaban J connectivity index is 2.30. The summed E-state index contributed by atoms with van der Waals surface area (Å²) in [5.41, 5.74) is 4.97. The normalized spacial score (nSPS) is 14.7. The van der Waals surface area contributed by atoms with Crippen LogP contribution in [0.4, 0.5) is 11.5 Å². The highest BCUT2D eigenvalue weighted by Gasteiger charge is 2.25. The molecular formula is C18H30N4O4. The van der Waals surface area contributed by atoms with Crippen LogP contribution in [0.25, 0.3) is 0 Å². The second-order valence-electron chi connectivity index (χ2n) is 6.87. The molecule has 2 rings (SSSR count). The van der Waals surface area contributed by atoms with Gasteiger partial charge < -0.3 is 15.4 Å². The number of carbonyl (C=O) groups is 1. The second-order valence-corrected chi connectivity index (χ2v) is 6.87. The molecule has 1 aliphatic rings. The van der Waals surface area contributed by atoms with Crippen molar-refractivity contribution in [3.8, 4) is 0 Å². The molecule has 0 saturated heterocycles. The van der Waals surface area contributed by atoms with Crippen LogP contribution in [0, 0.1) is 5.92 Å². The predicted octanol–water partition coefficient (Wildman–Crippen LogP) is 1.48. The highest BCUT2D eigenvalue weighted by molar-refractivity contribution is 5.95. The number of amides is 1. The number of carbonyl (C=O) groups excluding carboxylic acids is 1. The van der Waals surface area contributed by atoms with Crippen molar-refractivity contribution in [3.05, 3.63) is 20.8 Å². The monoisotopic (exact) mass is 366 g/mol. The van der Waals surface area contributed by atoms with Crippen molar-refractivity contribution in [2.75, 3.05) is 30.9 Å². The largest absolute Gasteiger partial charge is 0.383 e. The quantitative estimate of drug-likeness (QED) is 0.688. The summed E-state index contributed by atoms with van der Waals surface area (Å²) in [5, 5.41) is 0. The Bertz CT molecular complexity index is 719. The Morgan fingerprint density at radius 1 is 1.35 bits per heavy atom. The molecule has 1 aromatic heterocycles. The van der Waals surface area contributed by atoms with E-state index in [-0.39, 0.29) is 30.6 Å². The van der Waals surface area contributed by atoms with Crippen LogP contribution < -0.4 is 21.9 Å². The number of nitrogens with one attached hydrogen (secondary N) is 1. The number of nitrogen functional groups attached to an aromatic ring is 1. The molecule has 1 heterocycles. The number of hydrogen-bond donors (Lipinski definition) is 2. The van der Waals surface area contributed by atoms with E-state index in [4.69, 9.17) is 10.5 Å². The second kappa shape index (κ2) is 9.56. The van der Waals surface area contributed by atoms with Crippen LogP contribution >= 0.6 is 0 Å². The van der Waals surface area contributed by atoms with Crippen LogP contribution in [0.2, 0.25) is 0 Å². The van der Waals surface area contributed by atoms with Crippen molar-refractivity contribution in [2.45, 2.75) is 58.4 Å². The lowest BCUT2D eigenvalue weighted by Gasteiger charge is -2.24. The van der Waals surface area contributed by atoms with Gasteiger partial charge in [0.25, 0.3) is 5.56 Å². The van der Waals surface area contributed by atoms with Crippen molar-refractivity contribution in [2.24, 2.45) is 5.92 Å². The maximum Gasteiger partial charge on any atom is 0.330 e. The summed E-state index contributed by atoms with van der Waals surface area (Å²) < 4.78 is 6.39. The molecule has 3 N–H and O–H groups in total. The molecule has 8 heteroatoms. The highest BCUT2D eigenvalue weighted by Crippen LogP contribution is 2.29. The van der Waals surface area contributed by atoms with Gasteiger partial charge in [-0.25, -0.2) is 4.79 Å². The van der Waals surface area contributed by atoms with E-state index in [1.54, 1.807) is 0 Å². The number of H-pyrrole nitrogens is 1. The molecule has 146 valence electrons. The fourth-order valence-corrected chi connectivity index (χ4v) is 3.59. The molecule has 0 radical (unpaired) electrons. The number of anilines is 2. The standard InChI is InChI=1S/C18H30N4O4/c1-3-10-22-16(19)15(17(24)20-18(22)25)21(11-12-26-2)14(23)9-8-13-6-4-5-7-13/h13H,3-12,19H2,1-2H3,(H,20,24,25). The first-order chi connectivity index (χ1) is 12.5. The lowest BCUT2D eigenvalue weighted by atomic mass is 10.0. The van der Waals surface area contributed by atoms with Gasteiger partial charge in [0, 0.05) is 26.6 Å². The molecule has 1 saturated carbocycles. The average molecular weight is 366 g/mol. The molecule has 1 amide bonds. The van der Waals surface area contributed by atoms with Gasteiger partial charge >= 0.3 is 5.69 Å². The van der Waals surface area contributed by atoms with Crippen LogP contribution in [0.5, 0.6) is 0 Å². The Labute approximate surface area is 153 Å².